The Morgan fingerprint density at radius 1 is 1.38 bits per heavy atom. The van der Waals surface area contributed by atoms with Gasteiger partial charge >= 0.3 is 0 Å². The Balaban J connectivity index is 2.68. The summed E-state index contributed by atoms with van der Waals surface area (Å²) in [5.41, 5.74) is 0.684. The number of aryl methyl sites for hydroxylation is 1. The number of nitrogens with zero attached hydrogens (tertiary/aromatic N) is 1. The van der Waals surface area contributed by atoms with E-state index in [0.29, 0.717) is 16.6 Å². The van der Waals surface area contributed by atoms with Crippen LogP contribution in [0.4, 0.5) is 8.78 Å². The van der Waals surface area contributed by atoms with E-state index < -0.39 is 11.6 Å². The Bertz CT molecular complexity index is 525. The fraction of sp³-hybridized carbons (Fsp3) is 0.182. The second-order valence-corrected chi connectivity index (χ2v) is 3.88. The molecule has 2 aromatic rings. The number of oxazole rings is 1. The lowest BCUT2D eigenvalue weighted by molar-refractivity contribution is 0.540. The third-order valence-electron chi connectivity index (χ3n) is 2.28. The molecular weight excluding hydrogens is 280 g/mol. The quantitative estimate of drug-likeness (QED) is 0.785. The van der Waals surface area contributed by atoms with Crippen LogP contribution < -0.4 is 0 Å². The number of hydrogen-bond donors (Lipinski definition) is 0. The van der Waals surface area contributed by atoms with Gasteiger partial charge in [-0.2, -0.15) is 0 Å². The Labute approximate surface area is 99.4 Å². The summed E-state index contributed by atoms with van der Waals surface area (Å²) in [7, 11) is 0. The molecule has 0 bridgehead atoms. The highest BCUT2D eigenvalue weighted by molar-refractivity contribution is 9.08. The number of hydrogen-bond acceptors (Lipinski definition) is 2. The number of rotatable bonds is 2. The van der Waals surface area contributed by atoms with Crippen molar-refractivity contribution in [2.45, 2.75) is 12.3 Å². The molecule has 0 aliphatic rings. The molecule has 84 valence electrons. The van der Waals surface area contributed by atoms with Gasteiger partial charge in [-0.25, -0.2) is 13.8 Å². The summed E-state index contributed by atoms with van der Waals surface area (Å²) in [6.45, 7) is 1.57. The van der Waals surface area contributed by atoms with E-state index in [4.69, 9.17) is 4.42 Å². The molecule has 0 spiro atoms. The van der Waals surface area contributed by atoms with Crippen molar-refractivity contribution >= 4 is 15.9 Å². The van der Waals surface area contributed by atoms with Crippen LogP contribution in [0, 0.1) is 18.6 Å². The fourth-order valence-electron chi connectivity index (χ4n) is 1.43. The summed E-state index contributed by atoms with van der Waals surface area (Å²) < 4.78 is 32.4. The molecule has 1 aromatic carbocycles. The molecule has 2 rings (SSSR count). The van der Waals surface area contributed by atoms with Crippen molar-refractivity contribution in [1.29, 1.82) is 0 Å². The third kappa shape index (κ3) is 1.75. The number of aromatic nitrogens is 1. The summed E-state index contributed by atoms with van der Waals surface area (Å²) >= 11 is 3.19. The average Bonchev–Trinajstić information content (AvgIpc) is 2.72. The molecule has 0 aliphatic carbocycles. The maximum absolute atomic E-state index is 13.8. The summed E-state index contributed by atoms with van der Waals surface area (Å²) in [5.74, 6) is -1.13. The van der Waals surface area contributed by atoms with E-state index in [9.17, 15) is 8.78 Å². The molecule has 0 saturated carbocycles. The fourth-order valence-corrected chi connectivity index (χ4v) is 1.83. The lowest BCUT2D eigenvalue weighted by Gasteiger charge is -2.05. The molecule has 5 heteroatoms. The smallest absolute Gasteiger partial charge is 0.181 e. The Morgan fingerprint density at radius 3 is 2.81 bits per heavy atom. The summed E-state index contributed by atoms with van der Waals surface area (Å²) in [6.07, 6.45) is 1.17. The Hall–Kier alpha value is -1.23. The zero-order valence-corrected chi connectivity index (χ0v) is 10.0. The lowest BCUT2D eigenvalue weighted by atomic mass is 10.1. The van der Waals surface area contributed by atoms with Gasteiger partial charge in [0.1, 0.15) is 11.6 Å². The predicted octanol–water partition coefficient (Wildman–Crippen LogP) is 3.82. The first kappa shape index (κ1) is 11.3. The van der Waals surface area contributed by atoms with Gasteiger partial charge in [0.05, 0.1) is 11.3 Å². The second kappa shape index (κ2) is 4.33. The first-order valence-electron chi connectivity index (χ1n) is 4.58. The predicted molar refractivity (Wildman–Crippen MR) is 59.2 cm³/mol. The van der Waals surface area contributed by atoms with E-state index in [0.717, 1.165) is 0 Å². The maximum atomic E-state index is 13.8. The molecule has 0 atom stereocenters. The maximum Gasteiger partial charge on any atom is 0.181 e. The molecule has 0 fully saturated rings. The zero-order chi connectivity index (χ0) is 11.7. The van der Waals surface area contributed by atoms with Gasteiger partial charge in [-0.05, 0) is 18.6 Å². The van der Waals surface area contributed by atoms with E-state index in [-0.39, 0.29) is 11.3 Å². The van der Waals surface area contributed by atoms with Crippen LogP contribution in [0.5, 0.6) is 0 Å². The van der Waals surface area contributed by atoms with Gasteiger partial charge in [0.2, 0.25) is 0 Å². The topological polar surface area (TPSA) is 26.0 Å². The van der Waals surface area contributed by atoms with E-state index >= 15 is 0 Å². The Morgan fingerprint density at radius 2 is 2.12 bits per heavy atom. The molecule has 2 nitrogen and oxygen atoms in total. The van der Waals surface area contributed by atoms with Crippen molar-refractivity contribution in [2.24, 2.45) is 0 Å². The molecule has 0 radical (unpaired) electrons. The van der Waals surface area contributed by atoms with Crippen molar-refractivity contribution < 1.29 is 13.2 Å². The van der Waals surface area contributed by atoms with Gasteiger partial charge in [0, 0.05) is 5.33 Å². The summed E-state index contributed by atoms with van der Waals surface area (Å²) in [4.78, 5) is 3.88. The normalized spacial score (nSPS) is 10.8. The number of benzene rings is 1. The summed E-state index contributed by atoms with van der Waals surface area (Å²) in [5, 5.41) is 0.381. The first-order chi connectivity index (χ1) is 7.65. The zero-order valence-electron chi connectivity index (χ0n) is 8.43. The lowest BCUT2D eigenvalue weighted by Crippen LogP contribution is -1.94. The molecule has 16 heavy (non-hydrogen) atoms. The minimum atomic E-state index is -0.651. The SMILES string of the molecule is Cc1ccc(F)c(-c2ocnc2CBr)c1F. The number of halogens is 3. The van der Waals surface area contributed by atoms with E-state index in [1.165, 1.54) is 18.5 Å². The van der Waals surface area contributed by atoms with Crippen molar-refractivity contribution in [2.75, 3.05) is 0 Å². The van der Waals surface area contributed by atoms with Crippen molar-refractivity contribution in [3.05, 3.63) is 41.4 Å². The van der Waals surface area contributed by atoms with Crippen LogP contribution in [0.25, 0.3) is 11.3 Å². The highest BCUT2D eigenvalue weighted by Crippen LogP contribution is 2.31. The van der Waals surface area contributed by atoms with Crippen molar-refractivity contribution in [3.63, 3.8) is 0 Å². The van der Waals surface area contributed by atoms with E-state index in [2.05, 4.69) is 20.9 Å². The van der Waals surface area contributed by atoms with Crippen LogP contribution in [-0.4, -0.2) is 4.98 Å². The largest absolute Gasteiger partial charge is 0.443 e. The monoisotopic (exact) mass is 287 g/mol. The van der Waals surface area contributed by atoms with Gasteiger partial charge in [-0.1, -0.05) is 22.0 Å². The standard InChI is InChI=1S/C11H8BrF2NO/c1-6-2-3-7(13)9(10(6)14)11-8(4-12)15-5-16-11/h2-3,5H,4H2,1H3. The van der Waals surface area contributed by atoms with Gasteiger partial charge in [-0.15, -0.1) is 0 Å². The molecule has 0 saturated heterocycles. The van der Waals surface area contributed by atoms with Gasteiger partial charge in [0.15, 0.2) is 12.2 Å². The van der Waals surface area contributed by atoms with Crippen molar-refractivity contribution in [3.8, 4) is 11.3 Å². The van der Waals surface area contributed by atoms with E-state index in [1.807, 2.05) is 0 Å². The minimum absolute atomic E-state index is 0.135. The second-order valence-electron chi connectivity index (χ2n) is 3.32. The highest BCUT2D eigenvalue weighted by Gasteiger charge is 2.19. The highest BCUT2D eigenvalue weighted by atomic mass is 79.9. The van der Waals surface area contributed by atoms with Crippen LogP contribution in [0.1, 0.15) is 11.3 Å². The van der Waals surface area contributed by atoms with Crippen LogP contribution in [-0.2, 0) is 5.33 Å². The van der Waals surface area contributed by atoms with Gasteiger partial charge < -0.3 is 4.42 Å². The molecule has 0 amide bonds. The van der Waals surface area contributed by atoms with Gasteiger partial charge in [0.25, 0.3) is 0 Å². The molecule has 1 heterocycles. The third-order valence-corrected chi connectivity index (χ3v) is 2.81. The molecule has 0 aliphatic heterocycles. The Kier molecular flexibility index (Phi) is 3.05. The first-order valence-corrected chi connectivity index (χ1v) is 5.70. The van der Waals surface area contributed by atoms with Crippen molar-refractivity contribution in [1.82, 2.24) is 4.98 Å². The van der Waals surface area contributed by atoms with Gasteiger partial charge in [-0.3, -0.25) is 0 Å². The van der Waals surface area contributed by atoms with Crippen LogP contribution in [0.3, 0.4) is 0 Å². The van der Waals surface area contributed by atoms with Crippen LogP contribution >= 0.6 is 15.9 Å². The summed E-state index contributed by atoms with van der Waals surface area (Å²) in [6, 6.07) is 2.60. The van der Waals surface area contributed by atoms with E-state index in [1.54, 1.807) is 6.92 Å². The minimum Gasteiger partial charge on any atom is -0.443 e. The van der Waals surface area contributed by atoms with Crippen LogP contribution in [0.2, 0.25) is 0 Å². The van der Waals surface area contributed by atoms with Crippen LogP contribution in [0.15, 0.2) is 22.9 Å². The molecule has 0 unspecified atom stereocenters. The number of alkyl halides is 1. The molecule has 0 N–H and O–H groups in total. The molecular formula is C11H8BrF2NO. The molecule has 1 aromatic heterocycles. The average molecular weight is 288 g/mol.